The Labute approximate surface area is 120 Å². The molecule has 0 amide bonds. The number of rotatable bonds is 5. The zero-order chi connectivity index (χ0) is 13.9. The molecule has 1 rings (SSSR count). The minimum atomic E-state index is 0.0652. The summed E-state index contributed by atoms with van der Waals surface area (Å²) in [7, 11) is 2.08. The Morgan fingerprint density at radius 3 is 2.44 bits per heavy atom. The van der Waals surface area contributed by atoms with Crippen molar-refractivity contribution < 1.29 is 0 Å². The maximum atomic E-state index is 6.29. The van der Waals surface area contributed by atoms with Gasteiger partial charge in [0.15, 0.2) is 0 Å². The van der Waals surface area contributed by atoms with E-state index in [-0.39, 0.29) is 11.6 Å². The molecule has 102 valence electrons. The normalized spacial score (nSPS) is 14.0. The van der Waals surface area contributed by atoms with Gasteiger partial charge in [0, 0.05) is 18.1 Å². The van der Waals surface area contributed by atoms with Crippen LogP contribution in [0.1, 0.15) is 38.8 Å². The number of hydrogen-bond acceptors (Lipinski definition) is 2. The van der Waals surface area contributed by atoms with Crippen LogP contribution >= 0.6 is 23.2 Å². The molecule has 0 spiro atoms. The van der Waals surface area contributed by atoms with Gasteiger partial charge in [-0.05, 0) is 38.9 Å². The van der Waals surface area contributed by atoms with E-state index in [1.54, 1.807) is 6.07 Å². The molecule has 0 aliphatic carbocycles. The largest absolute Gasteiger partial charge is 0.329 e. The minimum absolute atomic E-state index is 0.0652. The van der Waals surface area contributed by atoms with Gasteiger partial charge in [0.1, 0.15) is 0 Å². The number of hydrogen-bond donors (Lipinski definition) is 1. The molecule has 0 aromatic heterocycles. The van der Waals surface area contributed by atoms with Crippen molar-refractivity contribution in [1.29, 1.82) is 0 Å². The summed E-state index contributed by atoms with van der Waals surface area (Å²) in [6, 6.07) is 5.78. The Balaban J connectivity index is 3.14. The van der Waals surface area contributed by atoms with Crippen LogP contribution < -0.4 is 5.73 Å². The molecule has 1 unspecified atom stereocenters. The van der Waals surface area contributed by atoms with Crippen molar-refractivity contribution in [2.24, 2.45) is 5.73 Å². The third-order valence-corrected chi connectivity index (χ3v) is 4.68. The number of nitrogens with two attached hydrogens (primary N) is 1. The Hall–Kier alpha value is -0.280. The van der Waals surface area contributed by atoms with Crippen LogP contribution in [0.3, 0.4) is 0 Å². The van der Waals surface area contributed by atoms with Crippen molar-refractivity contribution in [3.8, 4) is 0 Å². The Morgan fingerprint density at radius 1 is 1.33 bits per heavy atom. The third-order valence-electron chi connectivity index (χ3n) is 3.85. The Bertz CT molecular complexity index is 405. The van der Waals surface area contributed by atoms with Crippen molar-refractivity contribution >= 4 is 23.2 Å². The zero-order valence-electron chi connectivity index (χ0n) is 11.5. The van der Waals surface area contributed by atoms with E-state index in [2.05, 4.69) is 32.7 Å². The monoisotopic (exact) mass is 288 g/mol. The second kappa shape index (κ2) is 6.25. The molecular formula is C14H22Cl2N2. The van der Waals surface area contributed by atoms with Gasteiger partial charge in [-0.2, -0.15) is 0 Å². The quantitative estimate of drug-likeness (QED) is 0.883. The minimum Gasteiger partial charge on any atom is -0.329 e. The summed E-state index contributed by atoms with van der Waals surface area (Å²) in [5, 5.41) is 1.18. The molecule has 4 heteroatoms. The SMILES string of the molecule is CCC(C)(C)N(C)C(CN)c1cccc(Cl)c1Cl. The third kappa shape index (κ3) is 3.18. The number of halogens is 2. The van der Waals surface area contributed by atoms with Crippen LogP contribution in [0.15, 0.2) is 18.2 Å². The predicted octanol–water partition coefficient (Wildman–Crippen LogP) is 4.11. The lowest BCUT2D eigenvalue weighted by molar-refractivity contribution is 0.101. The molecule has 0 saturated heterocycles. The first kappa shape index (κ1) is 15.8. The summed E-state index contributed by atoms with van der Waals surface area (Å²) < 4.78 is 0. The first-order valence-corrected chi connectivity index (χ1v) is 6.97. The summed E-state index contributed by atoms with van der Waals surface area (Å²) >= 11 is 12.4. The summed E-state index contributed by atoms with van der Waals surface area (Å²) in [4.78, 5) is 2.27. The van der Waals surface area contributed by atoms with E-state index in [0.717, 1.165) is 12.0 Å². The van der Waals surface area contributed by atoms with Crippen molar-refractivity contribution in [3.63, 3.8) is 0 Å². The van der Waals surface area contributed by atoms with Crippen LogP contribution in [0.25, 0.3) is 0 Å². The van der Waals surface area contributed by atoms with Crippen molar-refractivity contribution in [2.45, 2.75) is 38.8 Å². The van der Waals surface area contributed by atoms with Gasteiger partial charge in [-0.15, -0.1) is 0 Å². The van der Waals surface area contributed by atoms with Crippen LogP contribution in [-0.4, -0.2) is 24.0 Å². The van der Waals surface area contributed by atoms with E-state index < -0.39 is 0 Å². The van der Waals surface area contributed by atoms with E-state index in [9.17, 15) is 0 Å². The topological polar surface area (TPSA) is 29.3 Å². The lowest BCUT2D eigenvalue weighted by atomic mass is 9.95. The molecule has 0 heterocycles. The smallest absolute Gasteiger partial charge is 0.0640 e. The summed E-state index contributed by atoms with van der Waals surface area (Å²) in [5.74, 6) is 0. The molecule has 0 aliphatic heterocycles. The zero-order valence-corrected chi connectivity index (χ0v) is 13.0. The number of benzene rings is 1. The average Bonchev–Trinajstić information content (AvgIpc) is 2.35. The molecular weight excluding hydrogens is 267 g/mol. The summed E-state index contributed by atoms with van der Waals surface area (Å²) in [6.07, 6.45) is 1.04. The van der Waals surface area contributed by atoms with Crippen LogP contribution in [0, 0.1) is 0 Å². The molecule has 0 aliphatic rings. The van der Waals surface area contributed by atoms with Crippen molar-refractivity contribution in [3.05, 3.63) is 33.8 Å². The van der Waals surface area contributed by atoms with E-state index in [4.69, 9.17) is 28.9 Å². The highest BCUT2D eigenvalue weighted by molar-refractivity contribution is 6.42. The second-order valence-electron chi connectivity index (χ2n) is 5.17. The molecule has 0 radical (unpaired) electrons. The number of nitrogens with zero attached hydrogens (tertiary/aromatic N) is 1. The summed E-state index contributed by atoms with van der Waals surface area (Å²) in [6.45, 7) is 7.09. The van der Waals surface area contributed by atoms with Crippen molar-refractivity contribution in [2.75, 3.05) is 13.6 Å². The molecule has 1 aromatic rings. The van der Waals surface area contributed by atoms with Gasteiger partial charge in [0.25, 0.3) is 0 Å². The standard InChI is InChI=1S/C14H22Cl2N2/c1-5-14(2,3)18(4)12(9-17)10-7-6-8-11(15)13(10)16/h6-8,12H,5,9,17H2,1-4H3. The molecule has 1 atom stereocenters. The van der Waals surface area contributed by atoms with Gasteiger partial charge in [0.2, 0.25) is 0 Å². The molecule has 2 N–H and O–H groups in total. The molecule has 0 saturated carbocycles. The Morgan fingerprint density at radius 2 is 1.94 bits per heavy atom. The van der Waals surface area contributed by atoms with E-state index in [0.29, 0.717) is 16.6 Å². The van der Waals surface area contributed by atoms with E-state index in [1.165, 1.54) is 0 Å². The van der Waals surface area contributed by atoms with Gasteiger partial charge >= 0.3 is 0 Å². The second-order valence-corrected chi connectivity index (χ2v) is 5.96. The molecule has 0 bridgehead atoms. The summed E-state index contributed by atoms with van der Waals surface area (Å²) in [5.41, 5.74) is 6.99. The van der Waals surface area contributed by atoms with Gasteiger partial charge in [-0.1, -0.05) is 42.3 Å². The highest BCUT2D eigenvalue weighted by Gasteiger charge is 2.29. The van der Waals surface area contributed by atoms with E-state index >= 15 is 0 Å². The van der Waals surface area contributed by atoms with Crippen LogP contribution in [-0.2, 0) is 0 Å². The van der Waals surface area contributed by atoms with Crippen LogP contribution in [0.2, 0.25) is 10.0 Å². The fourth-order valence-corrected chi connectivity index (χ4v) is 2.38. The first-order valence-electron chi connectivity index (χ1n) is 6.22. The lowest BCUT2D eigenvalue weighted by Crippen LogP contribution is -2.45. The van der Waals surface area contributed by atoms with Crippen LogP contribution in [0.4, 0.5) is 0 Å². The maximum absolute atomic E-state index is 6.29. The lowest BCUT2D eigenvalue weighted by Gasteiger charge is -2.41. The molecule has 2 nitrogen and oxygen atoms in total. The fraction of sp³-hybridized carbons (Fsp3) is 0.571. The van der Waals surface area contributed by atoms with Crippen molar-refractivity contribution in [1.82, 2.24) is 4.90 Å². The van der Waals surface area contributed by atoms with Crippen LogP contribution in [0.5, 0.6) is 0 Å². The van der Waals surface area contributed by atoms with Gasteiger partial charge in [-0.3, -0.25) is 4.90 Å². The average molecular weight is 289 g/mol. The maximum Gasteiger partial charge on any atom is 0.0640 e. The van der Waals surface area contributed by atoms with Gasteiger partial charge in [-0.25, -0.2) is 0 Å². The fourth-order valence-electron chi connectivity index (χ4n) is 1.94. The number of likely N-dealkylation sites (N-methyl/N-ethyl adjacent to an activating group) is 1. The molecule has 18 heavy (non-hydrogen) atoms. The van der Waals surface area contributed by atoms with Gasteiger partial charge in [0.05, 0.1) is 10.0 Å². The van der Waals surface area contributed by atoms with E-state index in [1.807, 2.05) is 12.1 Å². The Kier molecular flexibility index (Phi) is 5.47. The highest BCUT2D eigenvalue weighted by Crippen LogP contribution is 2.35. The molecule has 0 fully saturated rings. The van der Waals surface area contributed by atoms with Gasteiger partial charge < -0.3 is 5.73 Å². The highest BCUT2D eigenvalue weighted by atomic mass is 35.5. The first-order chi connectivity index (χ1) is 8.35. The molecule has 1 aromatic carbocycles. The predicted molar refractivity (Wildman–Crippen MR) is 80.4 cm³/mol.